The van der Waals surface area contributed by atoms with Gasteiger partial charge >= 0.3 is 0 Å². The van der Waals surface area contributed by atoms with Crippen LogP contribution in [0.3, 0.4) is 0 Å². The Bertz CT molecular complexity index is 140. The normalized spacial score (nSPS) is 26.7. The highest BCUT2D eigenvalue weighted by Crippen LogP contribution is 2.40. The van der Waals surface area contributed by atoms with Crippen molar-refractivity contribution in [3.63, 3.8) is 0 Å². The average Bonchev–Trinajstić information content (AvgIpc) is 2.15. The molecule has 0 nitrogen and oxygen atoms in total. The summed E-state index contributed by atoms with van der Waals surface area (Å²) in [5.41, 5.74) is 0. The van der Waals surface area contributed by atoms with Crippen LogP contribution < -0.4 is 0 Å². The minimum absolute atomic E-state index is 0.880. The Morgan fingerprint density at radius 2 is 2.33 bits per heavy atom. The summed E-state index contributed by atoms with van der Waals surface area (Å²) in [6, 6.07) is 0. The van der Waals surface area contributed by atoms with Crippen molar-refractivity contribution < 1.29 is 0 Å². The van der Waals surface area contributed by atoms with E-state index in [9.17, 15) is 0 Å². The summed E-state index contributed by atoms with van der Waals surface area (Å²) in [6.07, 6.45) is 13.6. The molecule has 0 aromatic rings. The molecule has 1 aliphatic rings. The second-order valence-electron chi connectivity index (χ2n) is 3.42. The van der Waals surface area contributed by atoms with Crippen molar-refractivity contribution in [3.05, 3.63) is 17.4 Å². The van der Waals surface area contributed by atoms with Crippen LogP contribution in [0.5, 0.6) is 0 Å². The van der Waals surface area contributed by atoms with E-state index < -0.39 is 0 Å². The average molecular weight is 183 g/mol. The van der Waals surface area contributed by atoms with E-state index in [0.29, 0.717) is 0 Å². The van der Waals surface area contributed by atoms with Crippen LogP contribution in [0.4, 0.5) is 0 Å². The van der Waals surface area contributed by atoms with Crippen LogP contribution in [0, 0.1) is 11.2 Å². The first-order chi connectivity index (χ1) is 5.88. The van der Waals surface area contributed by atoms with Crippen LogP contribution in [0.25, 0.3) is 0 Å². The smallest absolute Gasteiger partial charge is 0.0337 e. The summed E-state index contributed by atoms with van der Waals surface area (Å²) in [5, 5.41) is 1.74. The molecule has 0 aromatic heterocycles. The molecule has 1 heteroatoms. The number of rotatable bonds is 3. The first kappa shape index (κ1) is 10.2. The van der Waals surface area contributed by atoms with Crippen molar-refractivity contribution in [3.8, 4) is 0 Å². The molecule has 1 fully saturated rings. The van der Waals surface area contributed by atoms with Gasteiger partial charge in [-0.3, -0.25) is 0 Å². The van der Waals surface area contributed by atoms with Gasteiger partial charge in [-0.15, -0.1) is 0 Å². The van der Waals surface area contributed by atoms with Crippen LogP contribution in [-0.4, -0.2) is 6.26 Å². The SMILES string of the molecule is C/C=C/CC1CCCC[C]1SC. The Balaban J connectivity index is 2.36. The molecule has 0 amide bonds. The highest BCUT2D eigenvalue weighted by molar-refractivity contribution is 8.01. The molecule has 1 aliphatic carbocycles. The lowest BCUT2D eigenvalue weighted by molar-refractivity contribution is 0.435. The summed E-state index contributed by atoms with van der Waals surface area (Å²) < 4.78 is 0. The Hall–Kier alpha value is 0.0900. The van der Waals surface area contributed by atoms with Gasteiger partial charge < -0.3 is 0 Å². The zero-order chi connectivity index (χ0) is 8.81. The van der Waals surface area contributed by atoms with Crippen molar-refractivity contribution in [1.82, 2.24) is 0 Å². The minimum Gasteiger partial charge on any atom is -0.157 e. The second-order valence-corrected chi connectivity index (χ2v) is 4.35. The van der Waals surface area contributed by atoms with E-state index in [1.807, 2.05) is 11.8 Å². The summed E-state index contributed by atoms with van der Waals surface area (Å²) >= 11 is 1.99. The maximum absolute atomic E-state index is 2.31. The highest BCUT2D eigenvalue weighted by atomic mass is 32.2. The fourth-order valence-electron chi connectivity index (χ4n) is 1.87. The Labute approximate surface area is 80.8 Å². The molecule has 0 bridgehead atoms. The van der Waals surface area contributed by atoms with Gasteiger partial charge in [-0.2, -0.15) is 11.8 Å². The summed E-state index contributed by atoms with van der Waals surface area (Å²) in [4.78, 5) is 0. The van der Waals surface area contributed by atoms with Crippen molar-refractivity contribution in [1.29, 1.82) is 0 Å². The fourth-order valence-corrected chi connectivity index (χ4v) is 2.77. The number of hydrogen-bond acceptors (Lipinski definition) is 1. The zero-order valence-corrected chi connectivity index (χ0v) is 8.99. The van der Waals surface area contributed by atoms with Gasteiger partial charge in [0.2, 0.25) is 0 Å². The van der Waals surface area contributed by atoms with Gasteiger partial charge in [0.05, 0.1) is 0 Å². The van der Waals surface area contributed by atoms with Crippen LogP contribution in [-0.2, 0) is 0 Å². The van der Waals surface area contributed by atoms with Gasteiger partial charge in [0, 0.05) is 5.25 Å². The lowest BCUT2D eigenvalue weighted by Gasteiger charge is -2.28. The number of allylic oxidation sites excluding steroid dienone is 2. The molecule has 1 radical (unpaired) electrons. The second kappa shape index (κ2) is 5.69. The Kier molecular flexibility index (Phi) is 4.82. The van der Waals surface area contributed by atoms with Gasteiger partial charge in [0.1, 0.15) is 0 Å². The van der Waals surface area contributed by atoms with E-state index in [2.05, 4.69) is 25.3 Å². The monoisotopic (exact) mass is 183 g/mol. The van der Waals surface area contributed by atoms with E-state index >= 15 is 0 Å². The zero-order valence-electron chi connectivity index (χ0n) is 8.18. The van der Waals surface area contributed by atoms with E-state index in [1.54, 1.807) is 5.25 Å². The predicted octanol–water partition coefficient (Wildman–Crippen LogP) is 4.04. The van der Waals surface area contributed by atoms with Crippen molar-refractivity contribution in [2.45, 2.75) is 39.0 Å². The molecule has 1 atom stereocenters. The maximum Gasteiger partial charge on any atom is 0.0337 e. The molecular formula is C11H19S. The lowest BCUT2D eigenvalue weighted by atomic mass is 9.86. The van der Waals surface area contributed by atoms with E-state index in [-0.39, 0.29) is 0 Å². The maximum atomic E-state index is 2.31. The van der Waals surface area contributed by atoms with Crippen LogP contribution in [0.15, 0.2) is 12.2 Å². The molecule has 0 N–H and O–H groups in total. The van der Waals surface area contributed by atoms with Gasteiger partial charge in [-0.1, -0.05) is 25.0 Å². The van der Waals surface area contributed by atoms with Gasteiger partial charge in [-0.25, -0.2) is 0 Å². The summed E-state index contributed by atoms with van der Waals surface area (Å²) in [6.45, 7) is 2.11. The molecule has 1 unspecified atom stereocenters. The topological polar surface area (TPSA) is 0 Å². The quantitative estimate of drug-likeness (QED) is 0.595. The first-order valence-corrected chi connectivity index (χ1v) is 6.11. The fraction of sp³-hybridized carbons (Fsp3) is 0.727. The van der Waals surface area contributed by atoms with E-state index in [1.165, 1.54) is 32.1 Å². The molecule has 69 valence electrons. The minimum atomic E-state index is 0.880. The third-order valence-corrected chi connectivity index (χ3v) is 3.66. The highest BCUT2D eigenvalue weighted by Gasteiger charge is 2.23. The van der Waals surface area contributed by atoms with Crippen molar-refractivity contribution in [2.75, 3.05) is 6.26 Å². The van der Waals surface area contributed by atoms with E-state index in [0.717, 1.165) is 5.92 Å². The molecule has 12 heavy (non-hydrogen) atoms. The molecule has 1 saturated carbocycles. The standard InChI is InChI=1S/C11H19S/c1-3-4-7-10-8-5-6-9-11(10)12-2/h3-4,10H,5-9H2,1-2H3/b4-3+. The molecule has 1 rings (SSSR count). The third kappa shape index (κ3) is 2.85. The van der Waals surface area contributed by atoms with Gasteiger partial charge in [0.25, 0.3) is 0 Å². The largest absolute Gasteiger partial charge is 0.157 e. The van der Waals surface area contributed by atoms with Crippen LogP contribution in [0.1, 0.15) is 39.0 Å². The van der Waals surface area contributed by atoms with Gasteiger partial charge in [-0.05, 0) is 38.4 Å². The molecule has 0 aliphatic heterocycles. The third-order valence-electron chi connectivity index (χ3n) is 2.60. The first-order valence-electron chi connectivity index (χ1n) is 4.89. The molecular weight excluding hydrogens is 164 g/mol. The summed E-state index contributed by atoms with van der Waals surface area (Å²) in [7, 11) is 0. The number of hydrogen-bond donors (Lipinski definition) is 0. The molecule has 0 aromatic carbocycles. The molecule has 0 heterocycles. The molecule has 0 saturated heterocycles. The van der Waals surface area contributed by atoms with Crippen molar-refractivity contribution >= 4 is 11.8 Å². The lowest BCUT2D eigenvalue weighted by Crippen LogP contribution is -2.13. The number of thioether (sulfide) groups is 1. The predicted molar refractivity (Wildman–Crippen MR) is 58.1 cm³/mol. The van der Waals surface area contributed by atoms with Crippen LogP contribution >= 0.6 is 11.8 Å². The Morgan fingerprint density at radius 3 is 3.00 bits per heavy atom. The van der Waals surface area contributed by atoms with Gasteiger partial charge in [0.15, 0.2) is 0 Å². The summed E-state index contributed by atoms with van der Waals surface area (Å²) in [5.74, 6) is 0.880. The van der Waals surface area contributed by atoms with E-state index in [4.69, 9.17) is 0 Å². The Morgan fingerprint density at radius 1 is 1.50 bits per heavy atom. The van der Waals surface area contributed by atoms with Crippen molar-refractivity contribution in [2.24, 2.45) is 5.92 Å². The van der Waals surface area contributed by atoms with Crippen LogP contribution in [0.2, 0.25) is 0 Å². The molecule has 0 spiro atoms.